The molecular formula is C19H16N2Na2O7S2. The smallest absolute Gasteiger partial charge is 0.744 e. The fraction of sp³-hybridized carbons (Fsp3) is 0.158. The Morgan fingerprint density at radius 3 is 2.03 bits per heavy atom. The maximum absolute atomic E-state index is 11.4. The first-order valence-electron chi connectivity index (χ1n) is 8.47. The van der Waals surface area contributed by atoms with E-state index in [4.69, 9.17) is 4.74 Å². The molecule has 0 spiro atoms. The van der Waals surface area contributed by atoms with Crippen LogP contribution in [0.3, 0.4) is 0 Å². The first-order chi connectivity index (χ1) is 13.9. The molecule has 3 rings (SSSR count). The Morgan fingerprint density at radius 1 is 0.812 bits per heavy atom. The maximum Gasteiger partial charge on any atom is 1.00 e. The Labute approximate surface area is 230 Å². The van der Waals surface area contributed by atoms with Crippen molar-refractivity contribution in [3.05, 3.63) is 53.6 Å². The number of fused-ring (bicyclic) bond motifs is 1. The van der Waals surface area contributed by atoms with Crippen LogP contribution in [0.25, 0.3) is 10.8 Å². The molecule has 0 fully saturated rings. The van der Waals surface area contributed by atoms with Gasteiger partial charge in [-0.15, -0.1) is 10.2 Å². The van der Waals surface area contributed by atoms with Crippen molar-refractivity contribution in [2.24, 2.45) is 10.2 Å². The maximum atomic E-state index is 11.4. The van der Waals surface area contributed by atoms with Crippen molar-refractivity contribution in [3.8, 4) is 5.75 Å². The topological polar surface area (TPSA) is 148 Å². The Hall–Kier alpha value is -0.860. The van der Waals surface area contributed by atoms with Crippen LogP contribution in [0.4, 0.5) is 11.4 Å². The number of hydrogen-bond acceptors (Lipinski definition) is 9. The monoisotopic (exact) mass is 494 g/mol. The first kappa shape index (κ1) is 29.2. The third-order valence-electron chi connectivity index (χ3n) is 4.46. The van der Waals surface area contributed by atoms with Gasteiger partial charge in [0.1, 0.15) is 31.7 Å². The molecule has 9 nitrogen and oxygen atoms in total. The average molecular weight is 494 g/mol. The van der Waals surface area contributed by atoms with Crippen LogP contribution >= 0.6 is 0 Å². The van der Waals surface area contributed by atoms with E-state index in [-0.39, 0.29) is 81.0 Å². The standard InChI is InChI=1S/C19H18N2O7S2.2Na/c1-11-4-5-13-9-14(29(22,23)24)6-7-15(13)19(11)21-20-16-8-12(2)18(30(25,26)27)10-17(16)28-3;;/h4-10H,1-3H3,(H,22,23,24)(H,25,26,27);;/q;2*+1/p-2. The van der Waals surface area contributed by atoms with Crippen LogP contribution in [0.1, 0.15) is 11.1 Å². The second-order valence-corrected chi connectivity index (χ2v) is 9.24. The molecule has 13 heteroatoms. The largest absolute Gasteiger partial charge is 1.00 e. The number of ether oxygens (including phenoxy) is 1. The summed E-state index contributed by atoms with van der Waals surface area (Å²) in [5, 5.41) is 9.42. The van der Waals surface area contributed by atoms with Gasteiger partial charge in [0.05, 0.1) is 22.6 Å². The molecule has 0 aliphatic heterocycles. The summed E-state index contributed by atoms with van der Waals surface area (Å²) in [4.78, 5) is -0.764. The molecule has 0 atom stereocenters. The second kappa shape index (κ2) is 11.0. The molecule has 0 unspecified atom stereocenters. The molecule has 3 aromatic carbocycles. The number of aryl methyl sites for hydroxylation is 2. The van der Waals surface area contributed by atoms with Gasteiger partial charge in [0.15, 0.2) is 0 Å². The zero-order chi connectivity index (χ0) is 22.3. The number of methoxy groups -OCH3 is 1. The predicted molar refractivity (Wildman–Crippen MR) is 107 cm³/mol. The van der Waals surface area contributed by atoms with Gasteiger partial charge in [0, 0.05) is 11.5 Å². The van der Waals surface area contributed by atoms with Crippen molar-refractivity contribution in [2.45, 2.75) is 23.6 Å². The minimum atomic E-state index is -4.68. The van der Waals surface area contributed by atoms with Crippen LogP contribution in [-0.2, 0) is 20.2 Å². The Kier molecular flexibility index (Phi) is 10.1. The molecule has 158 valence electrons. The Bertz CT molecular complexity index is 1410. The summed E-state index contributed by atoms with van der Waals surface area (Å²) in [6, 6.07) is 9.75. The summed E-state index contributed by atoms with van der Waals surface area (Å²) < 4.78 is 73.0. The molecule has 0 aliphatic rings. The third-order valence-corrected chi connectivity index (χ3v) is 6.27. The molecule has 0 heterocycles. The molecule has 0 aromatic heterocycles. The van der Waals surface area contributed by atoms with E-state index in [1.165, 1.54) is 38.3 Å². The zero-order valence-corrected chi connectivity index (χ0v) is 23.7. The van der Waals surface area contributed by atoms with Gasteiger partial charge in [-0.3, -0.25) is 0 Å². The molecule has 0 saturated heterocycles. The molecule has 0 radical (unpaired) electrons. The number of hydrogen-bond donors (Lipinski definition) is 0. The summed E-state index contributed by atoms with van der Waals surface area (Å²) in [5.41, 5.74) is 1.57. The Balaban J connectivity index is 0.00000256. The quantitative estimate of drug-likeness (QED) is 0.220. The molecule has 3 aromatic rings. The average Bonchev–Trinajstić information content (AvgIpc) is 2.65. The fourth-order valence-corrected chi connectivity index (χ4v) is 4.17. The van der Waals surface area contributed by atoms with Gasteiger partial charge in [-0.25, -0.2) is 16.8 Å². The summed E-state index contributed by atoms with van der Waals surface area (Å²) in [5.74, 6) is 0.0522. The summed E-state index contributed by atoms with van der Waals surface area (Å²) in [6.07, 6.45) is 0. The van der Waals surface area contributed by atoms with Crippen LogP contribution in [0.5, 0.6) is 5.75 Å². The summed E-state index contributed by atoms with van der Waals surface area (Å²) in [7, 11) is -7.97. The van der Waals surface area contributed by atoms with Gasteiger partial charge in [-0.05, 0) is 48.6 Å². The van der Waals surface area contributed by atoms with Gasteiger partial charge in [-0.1, -0.05) is 18.2 Å². The van der Waals surface area contributed by atoms with Gasteiger partial charge >= 0.3 is 59.1 Å². The van der Waals surface area contributed by atoms with Crippen LogP contribution in [0, 0.1) is 13.8 Å². The number of rotatable bonds is 5. The van der Waals surface area contributed by atoms with E-state index in [0.717, 1.165) is 11.6 Å². The van der Waals surface area contributed by atoms with E-state index in [1.54, 1.807) is 19.1 Å². The van der Waals surface area contributed by atoms with Crippen molar-refractivity contribution in [1.29, 1.82) is 0 Å². The molecular weight excluding hydrogens is 478 g/mol. The van der Waals surface area contributed by atoms with Crippen LogP contribution in [0.15, 0.2) is 62.5 Å². The third kappa shape index (κ3) is 6.38. The summed E-state index contributed by atoms with van der Waals surface area (Å²) >= 11 is 0. The van der Waals surface area contributed by atoms with Crippen molar-refractivity contribution >= 4 is 42.4 Å². The zero-order valence-electron chi connectivity index (χ0n) is 18.1. The van der Waals surface area contributed by atoms with E-state index < -0.39 is 25.1 Å². The minimum absolute atomic E-state index is 0. The van der Waals surface area contributed by atoms with E-state index in [2.05, 4.69) is 10.2 Å². The summed E-state index contributed by atoms with van der Waals surface area (Å²) in [6.45, 7) is 3.24. The van der Waals surface area contributed by atoms with Gasteiger partial charge in [0.2, 0.25) is 0 Å². The molecule has 0 aliphatic carbocycles. The Morgan fingerprint density at radius 2 is 1.47 bits per heavy atom. The number of nitrogens with zero attached hydrogens (tertiary/aromatic N) is 2. The van der Waals surface area contributed by atoms with E-state index >= 15 is 0 Å². The van der Waals surface area contributed by atoms with Gasteiger partial charge in [-0.2, -0.15) is 0 Å². The molecule has 32 heavy (non-hydrogen) atoms. The minimum Gasteiger partial charge on any atom is -0.744 e. The van der Waals surface area contributed by atoms with Crippen LogP contribution in [0.2, 0.25) is 0 Å². The van der Waals surface area contributed by atoms with Crippen molar-refractivity contribution in [2.75, 3.05) is 7.11 Å². The first-order valence-corrected chi connectivity index (χ1v) is 11.3. The number of benzene rings is 3. The molecule has 0 saturated carbocycles. The number of azo groups is 1. The molecule has 0 N–H and O–H groups in total. The normalized spacial score (nSPS) is 11.8. The van der Waals surface area contributed by atoms with E-state index in [0.29, 0.717) is 16.5 Å². The van der Waals surface area contributed by atoms with E-state index in [9.17, 15) is 25.9 Å². The van der Waals surface area contributed by atoms with Crippen LogP contribution in [-0.4, -0.2) is 33.1 Å². The van der Waals surface area contributed by atoms with Gasteiger partial charge < -0.3 is 13.8 Å². The van der Waals surface area contributed by atoms with Crippen LogP contribution < -0.4 is 63.9 Å². The van der Waals surface area contributed by atoms with Crippen molar-refractivity contribution in [3.63, 3.8) is 0 Å². The molecule has 0 amide bonds. The van der Waals surface area contributed by atoms with Gasteiger partial charge in [0.25, 0.3) is 0 Å². The van der Waals surface area contributed by atoms with Crippen molar-refractivity contribution in [1.82, 2.24) is 0 Å². The van der Waals surface area contributed by atoms with E-state index in [1.807, 2.05) is 0 Å². The molecule has 0 bridgehead atoms. The second-order valence-electron chi connectivity index (χ2n) is 6.51. The fourth-order valence-electron chi connectivity index (χ4n) is 2.96. The predicted octanol–water partition coefficient (Wildman–Crippen LogP) is -2.30. The van der Waals surface area contributed by atoms with Crippen molar-refractivity contribution < 1.29 is 89.8 Å². The SMILES string of the molecule is COc1cc(S(=O)(=O)[O-])c(C)cc1N=Nc1c(C)ccc2cc(S(=O)(=O)[O-])ccc12.[Na+].[Na+].